The van der Waals surface area contributed by atoms with Gasteiger partial charge < -0.3 is 15.0 Å². The van der Waals surface area contributed by atoms with Crippen LogP contribution in [0.15, 0.2) is 36.4 Å². The van der Waals surface area contributed by atoms with E-state index in [1.54, 1.807) is 6.07 Å². The van der Waals surface area contributed by atoms with Crippen molar-refractivity contribution in [2.45, 2.75) is 39.8 Å². The van der Waals surface area contributed by atoms with E-state index in [1.807, 2.05) is 19.1 Å². The van der Waals surface area contributed by atoms with E-state index in [4.69, 9.17) is 16.3 Å². The molecule has 0 atom stereocenters. The predicted molar refractivity (Wildman–Crippen MR) is 118 cm³/mol. The Morgan fingerprint density at radius 1 is 1.13 bits per heavy atom. The van der Waals surface area contributed by atoms with Crippen LogP contribution in [0.1, 0.15) is 37.0 Å². The van der Waals surface area contributed by atoms with Crippen LogP contribution < -0.4 is 10.1 Å². The van der Waals surface area contributed by atoms with Gasteiger partial charge in [0.15, 0.2) is 0 Å². The van der Waals surface area contributed by atoms with E-state index < -0.39 is 11.7 Å². The van der Waals surface area contributed by atoms with Gasteiger partial charge in [0.05, 0.1) is 5.56 Å². The van der Waals surface area contributed by atoms with Crippen molar-refractivity contribution in [1.82, 2.24) is 4.90 Å². The fourth-order valence-corrected chi connectivity index (χ4v) is 3.39. The van der Waals surface area contributed by atoms with Gasteiger partial charge in [-0.05, 0) is 67.9 Å². The number of ether oxygens (including phenoxy) is 1. The predicted octanol–water partition coefficient (Wildman–Crippen LogP) is 5.96. The third kappa shape index (κ3) is 7.74. The van der Waals surface area contributed by atoms with E-state index >= 15 is 0 Å². The van der Waals surface area contributed by atoms with Crippen LogP contribution in [0, 0.1) is 6.92 Å². The Morgan fingerprint density at radius 3 is 2.42 bits per heavy atom. The highest BCUT2D eigenvalue weighted by Gasteiger charge is 2.30. The summed E-state index contributed by atoms with van der Waals surface area (Å²) in [6.45, 7) is 9.50. The molecule has 0 spiro atoms. The summed E-state index contributed by atoms with van der Waals surface area (Å²) in [5, 5.41) is 2.81. The van der Waals surface area contributed by atoms with E-state index in [1.165, 1.54) is 6.07 Å². The van der Waals surface area contributed by atoms with Crippen LogP contribution in [0.3, 0.4) is 0 Å². The van der Waals surface area contributed by atoms with Crippen molar-refractivity contribution in [3.63, 3.8) is 0 Å². The van der Waals surface area contributed by atoms with Crippen LogP contribution in [0.4, 0.5) is 18.9 Å². The number of likely N-dealkylation sites (N-methyl/N-ethyl adjacent to an activating group) is 1. The molecule has 1 N–H and O–H groups in total. The molecule has 2 aromatic carbocycles. The monoisotopic (exact) mass is 456 g/mol. The SMILES string of the molecule is CCN(CC)CCOc1ccc(NC(=O)CCc2ccc(C(F)(F)F)cc2Cl)cc1C. The van der Waals surface area contributed by atoms with Crippen molar-refractivity contribution in [2.75, 3.05) is 31.6 Å². The molecule has 0 unspecified atom stereocenters. The van der Waals surface area contributed by atoms with Gasteiger partial charge in [0.25, 0.3) is 0 Å². The second-order valence-electron chi connectivity index (χ2n) is 7.21. The maximum atomic E-state index is 12.7. The molecule has 0 aliphatic rings. The summed E-state index contributed by atoms with van der Waals surface area (Å²) in [6, 6.07) is 8.59. The van der Waals surface area contributed by atoms with Crippen LogP contribution in [0.25, 0.3) is 0 Å². The molecule has 0 saturated heterocycles. The molecule has 0 fully saturated rings. The zero-order valence-corrected chi connectivity index (χ0v) is 18.7. The maximum absolute atomic E-state index is 12.7. The van der Waals surface area contributed by atoms with Gasteiger partial charge in [-0.25, -0.2) is 0 Å². The summed E-state index contributed by atoms with van der Waals surface area (Å²) in [4.78, 5) is 14.5. The molecule has 4 nitrogen and oxygen atoms in total. The van der Waals surface area contributed by atoms with Crippen molar-refractivity contribution < 1.29 is 22.7 Å². The summed E-state index contributed by atoms with van der Waals surface area (Å²) in [5.41, 5.74) is 1.23. The molecule has 0 radical (unpaired) electrons. The number of aryl methyl sites for hydroxylation is 2. The van der Waals surface area contributed by atoms with Crippen molar-refractivity contribution in [2.24, 2.45) is 0 Å². The first-order valence-electron chi connectivity index (χ1n) is 10.2. The minimum Gasteiger partial charge on any atom is -0.492 e. The second kappa shape index (κ2) is 11.4. The summed E-state index contributed by atoms with van der Waals surface area (Å²) >= 11 is 5.95. The molecule has 0 aliphatic heterocycles. The highest BCUT2D eigenvalue weighted by molar-refractivity contribution is 6.31. The fraction of sp³-hybridized carbons (Fsp3) is 0.435. The lowest BCUT2D eigenvalue weighted by Gasteiger charge is -2.18. The molecular formula is C23H28ClF3N2O2. The number of hydrogen-bond acceptors (Lipinski definition) is 3. The number of carbonyl (C=O) groups is 1. The zero-order valence-electron chi connectivity index (χ0n) is 18.0. The number of rotatable bonds is 10. The first-order valence-corrected chi connectivity index (χ1v) is 10.6. The molecular weight excluding hydrogens is 429 g/mol. The van der Waals surface area contributed by atoms with Crippen molar-refractivity contribution >= 4 is 23.2 Å². The molecule has 31 heavy (non-hydrogen) atoms. The van der Waals surface area contributed by atoms with E-state index in [9.17, 15) is 18.0 Å². The van der Waals surface area contributed by atoms with Crippen LogP contribution in [-0.2, 0) is 17.4 Å². The molecule has 8 heteroatoms. The zero-order chi connectivity index (χ0) is 23.0. The van der Waals surface area contributed by atoms with Crippen LogP contribution in [0.5, 0.6) is 5.75 Å². The Hall–Kier alpha value is -2.25. The standard InChI is InChI=1S/C23H28ClF3N2O2/c1-4-29(5-2)12-13-31-21-10-9-19(14-16(21)3)28-22(30)11-7-17-6-8-18(15-20(17)24)23(25,26)27/h6,8-10,14-15H,4-5,7,11-13H2,1-3H3,(H,28,30). The van der Waals surface area contributed by atoms with Crippen LogP contribution >= 0.6 is 11.6 Å². The Labute approximate surface area is 186 Å². The lowest BCUT2D eigenvalue weighted by molar-refractivity contribution is -0.137. The van der Waals surface area contributed by atoms with Gasteiger partial charge in [0, 0.05) is 23.7 Å². The molecule has 0 aliphatic carbocycles. The normalized spacial score (nSPS) is 11.6. The fourth-order valence-electron chi connectivity index (χ4n) is 3.11. The smallest absolute Gasteiger partial charge is 0.416 e. The number of amides is 1. The first kappa shape index (κ1) is 25.0. The van der Waals surface area contributed by atoms with Gasteiger partial charge in [-0.2, -0.15) is 13.2 Å². The third-order valence-electron chi connectivity index (χ3n) is 5.02. The number of anilines is 1. The van der Waals surface area contributed by atoms with E-state index in [2.05, 4.69) is 24.1 Å². The average Bonchev–Trinajstić information content (AvgIpc) is 2.71. The maximum Gasteiger partial charge on any atom is 0.416 e. The summed E-state index contributed by atoms with van der Waals surface area (Å²) in [7, 11) is 0. The Balaban J connectivity index is 1.87. The van der Waals surface area contributed by atoms with Crippen LogP contribution in [-0.4, -0.2) is 37.0 Å². The number of carbonyl (C=O) groups excluding carboxylic acids is 1. The number of benzene rings is 2. The quantitative estimate of drug-likeness (QED) is 0.479. The molecule has 0 saturated carbocycles. The minimum atomic E-state index is -4.45. The number of hydrogen-bond donors (Lipinski definition) is 1. The van der Waals surface area contributed by atoms with Gasteiger partial charge in [-0.15, -0.1) is 0 Å². The van der Waals surface area contributed by atoms with Gasteiger partial charge in [-0.3, -0.25) is 4.79 Å². The molecule has 0 bridgehead atoms. The van der Waals surface area contributed by atoms with Crippen molar-refractivity contribution in [3.8, 4) is 5.75 Å². The van der Waals surface area contributed by atoms with Gasteiger partial charge in [-0.1, -0.05) is 31.5 Å². The van der Waals surface area contributed by atoms with Crippen molar-refractivity contribution in [3.05, 3.63) is 58.1 Å². The largest absolute Gasteiger partial charge is 0.492 e. The van der Waals surface area contributed by atoms with Gasteiger partial charge in [0.2, 0.25) is 5.91 Å². The first-order chi connectivity index (χ1) is 14.6. The molecule has 170 valence electrons. The van der Waals surface area contributed by atoms with E-state index in [0.29, 0.717) is 17.9 Å². The summed E-state index contributed by atoms with van der Waals surface area (Å²) in [6.07, 6.45) is -4.10. The lowest BCUT2D eigenvalue weighted by atomic mass is 10.1. The van der Waals surface area contributed by atoms with E-state index in [-0.39, 0.29) is 23.8 Å². The number of halogens is 4. The average molecular weight is 457 g/mol. The molecule has 1 amide bonds. The highest BCUT2D eigenvalue weighted by Crippen LogP contribution is 2.32. The number of nitrogens with one attached hydrogen (secondary N) is 1. The van der Waals surface area contributed by atoms with Gasteiger partial charge >= 0.3 is 6.18 Å². The second-order valence-corrected chi connectivity index (χ2v) is 7.61. The third-order valence-corrected chi connectivity index (χ3v) is 5.37. The minimum absolute atomic E-state index is 0.00434. The topological polar surface area (TPSA) is 41.6 Å². The molecule has 2 aromatic rings. The highest BCUT2D eigenvalue weighted by atomic mass is 35.5. The van der Waals surface area contributed by atoms with Crippen LogP contribution in [0.2, 0.25) is 5.02 Å². The Bertz CT molecular complexity index is 884. The summed E-state index contributed by atoms with van der Waals surface area (Å²) in [5.74, 6) is 0.521. The van der Waals surface area contributed by atoms with Gasteiger partial charge in [0.1, 0.15) is 12.4 Å². The van der Waals surface area contributed by atoms with E-state index in [0.717, 1.165) is 43.1 Å². The Kier molecular flexibility index (Phi) is 9.19. The molecule has 0 aromatic heterocycles. The molecule has 2 rings (SSSR count). The summed E-state index contributed by atoms with van der Waals surface area (Å²) < 4.78 is 44.0. The number of alkyl halides is 3. The van der Waals surface area contributed by atoms with Crippen molar-refractivity contribution in [1.29, 1.82) is 0 Å². The Morgan fingerprint density at radius 2 is 1.84 bits per heavy atom. The number of nitrogens with zero attached hydrogens (tertiary/aromatic N) is 1. The molecule has 0 heterocycles. The lowest BCUT2D eigenvalue weighted by Crippen LogP contribution is -2.28.